The normalized spacial score (nSPS) is 21.4. The van der Waals surface area contributed by atoms with E-state index < -0.39 is 0 Å². The van der Waals surface area contributed by atoms with Gasteiger partial charge in [-0.25, -0.2) is 0 Å². The standard InChI is InChI=1S/C21H34N4O/c1-3-22-21(25-15-11-19(17-25)24-13-6-7-14-24)23-12-8-16-26-20-10-5-4-9-18(20)2/h4-5,9-10,19H,3,6-8,11-17H2,1-2H3,(H,22,23). The molecule has 3 rings (SSSR count). The first-order valence-electron chi connectivity index (χ1n) is 10.2. The van der Waals surface area contributed by atoms with Gasteiger partial charge in [0.25, 0.3) is 0 Å². The molecule has 0 radical (unpaired) electrons. The number of likely N-dealkylation sites (tertiary alicyclic amines) is 2. The Morgan fingerprint density at radius 3 is 2.81 bits per heavy atom. The maximum Gasteiger partial charge on any atom is 0.193 e. The molecule has 5 nitrogen and oxygen atoms in total. The van der Waals surface area contributed by atoms with E-state index in [1.54, 1.807) is 0 Å². The van der Waals surface area contributed by atoms with E-state index in [1.165, 1.54) is 37.9 Å². The smallest absolute Gasteiger partial charge is 0.193 e. The molecule has 2 aliphatic heterocycles. The summed E-state index contributed by atoms with van der Waals surface area (Å²) in [6, 6.07) is 8.90. The number of nitrogens with one attached hydrogen (secondary N) is 1. The van der Waals surface area contributed by atoms with Crippen LogP contribution in [-0.4, -0.2) is 67.7 Å². The Bertz CT molecular complexity index is 583. The molecule has 1 aromatic rings. The molecule has 0 aliphatic carbocycles. The highest BCUT2D eigenvalue weighted by atomic mass is 16.5. The van der Waals surface area contributed by atoms with Gasteiger partial charge in [0, 0.05) is 38.6 Å². The summed E-state index contributed by atoms with van der Waals surface area (Å²) >= 11 is 0. The minimum atomic E-state index is 0.712. The van der Waals surface area contributed by atoms with Gasteiger partial charge in [-0.15, -0.1) is 0 Å². The number of aliphatic imine (C=N–C) groups is 1. The van der Waals surface area contributed by atoms with Crippen molar-refractivity contribution in [2.45, 2.75) is 45.6 Å². The quantitative estimate of drug-likeness (QED) is 0.462. The van der Waals surface area contributed by atoms with Gasteiger partial charge in [0.2, 0.25) is 0 Å². The van der Waals surface area contributed by atoms with E-state index in [-0.39, 0.29) is 0 Å². The predicted molar refractivity (Wildman–Crippen MR) is 108 cm³/mol. The lowest BCUT2D eigenvalue weighted by molar-refractivity contribution is 0.249. The highest BCUT2D eigenvalue weighted by Gasteiger charge is 2.30. The van der Waals surface area contributed by atoms with Crippen molar-refractivity contribution in [3.63, 3.8) is 0 Å². The van der Waals surface area contributed by atoms with Gasteiger partial charge in [-0.1, -0.05) is 18.2 Å². The van der Waals surface area contributed by atoms with Crippen LogP contribution in [0.2, 0.25) is 0 Å². The summed E-state index contributed by atoms with van der Waals surface area (Å²) < 4.78 is 5.88. The van der Waals surface area contributed by atoms with E-state index in [2.05, 4.69) is 35.0 Å². The molecule has 2 saturated heterocycles. The number of hydrogen-bond acceptors (Lipinski definition) is 3. The zero-order valence-electron chi connectivity index (χ0n) is 16.4. The zero-order valence-corrected chi connectivity index (χ0v) is 16.4. The molecule has 2 aliphatic rings. The van der Waals surface area contributed by atoms with Gasteiger partial charge in [-0.3, -0.25) is 9.89 Å². The van der Waals surface area contributed by atoms with E-state index in [4.69, 9.17) is 9.73 Å². The highest BCUT2D eigenvalue weighted by Crippen LogP contribution is 2.20. The van der Waals surface area contributed by atoms with Crippen LogP contribution >= 0.6 is 0 Å². The second-order valence-corrected chi connectivity index (χ2v) is 7.33. The number of benzene rings is 1. The molecule has 144 valence electrons. The number of aryl methyl sites for hydroxylation is 1. The summed E-state index contributed by atoms with van der Waals surface area (Å²) in [7, 11) is 0. The number of guanidine groups is 1. The highest BCUT2D eigenvalue weighted by molar-refractivity contribution is 5.80. The van der Waals surface area contributed by atoms with Crippen LogP contribution in [0.25, 0.3) is 0 Å². The summed E-state index contributed by atoms with van der Waals surface area (Å²) in [5.41, 5.74) is 1.19. The molecule has 1 N–H and O–H groups in total. The number of nitrogens with zero attached hydrogens (tertiary/aromatic N) is 3. The molecule has 0 aromatic heterocycles. The Balaban J connectivity index is 1.44. The molecule has 1 unspecified atom stereocenters. The molecular formula is C21H34N4O. The second kappa shape index (κ2) is 9.81. The topological polar surface area (TPSA) is 40.1 Å². The molecule has 26 heavy (non-hydrogen) atoms. The molecule has 1 aromatic carbocycles. The Morgan fingerprint density at radius 2 is 2.04 bits per heavy atom. The van der Waals surface area contributed by atoms with E-state index in [0.29, 0.717) is 12.6 Å². The molecule has 0 saturated carbocycles. The van der Waals surface area contributed by atoms with Crippen LogP contribution in [0.1, 0.15) is 38.2 Å². The fraction of sp³-hybridized carbons (Fsp3) is 0.667. The molecular weight excluding hydrogens is 324 g/mol. The fourth-order valence-electron chi connectivity index (χ4n) is 3.91. The van der Waals surface area contributed by atoms with Gasteiger partial charge in [0.15, 0.2) is 5.96 Å². The van der Waals surface area contributed by atoms with Gasteiger partial charge in [-0.2, -0.15) is 0 Å². The van der Waals surface area contributed by atoms with Crippen LogP contribution in [0.15, 0.2) is 29.3 Å². The van der Waals surface area contributed by atoms with E-state index >= 15 is 0 Å². The number of rotatable bonds is 7. The summed E-state index contributed by atoms with van der Waals surface area (Å²) in [6.45, 7) is 11.5. The predicted octanol–water partition coefficient (Wildman–Crippen LogP) is 2.90. The van der Waals surface area contributed by atoms with Gasteiger partial charge in [0.1, 0.15) is 5.75 Å². The van der Waals surface area contributed by atoms with Crippen LogP contribution < -0.4 is 10.1 Å². The van der Waals surface area contributed by atoms with Crippen molar-refractivity contribution in [1.82, 2.24) is 15.1 Å². The molecule has 2 heterocycles. The van der Waals surface area contributed by atoms with Gasteiger partial charge in [0.05, 0.1) is 6.61 Å². The minimum Gasteiger partial charge on any atom is -0.493 e. The number of para-hydroxylation sites is 1. The Morgan fingerprint density at radius 1 is 1.23 bits per heavy atom. The minimum absolute atomic E-state index is 0.712. The third-order valence-corrected chi connectivity index (χ3v) is 5.37. The lowest BCUT2D eigenvalue weighted by atomic mass is 10.2. The van der Waals surface area contributed by atoms with Gasteiger partial charge in [-0.05, 0) is 57.8 Å². The van der Waals surface area contributed by atoms with Crippen LogP contribution in [0, 0.1) is 6.92 Å². The zero-order chi connectivity index (χ0) is 18.2. The number of ether oxygens (including phenoxy) is 1. The van der Waals surface area contributed by atoms with Crippen molar-refractivity contribution < 1.29 is 4.74 Å². The first-order valence-corrected chi connectivity index (χ1v) is 10.2. The maximum absolute atomic E-state index is 5.88. The van der Waals surface area contributed by atoms with Crippen LogP contribution in [0.3, 0.4) is 0 Å². The average Bonchev–Trinajstić information content (AvgIpc) is 3.33. The Kier molecular flexibility index (Phi) is 7.18. The monoisotopic (exact) mass is 358 g/mol. The van der Waals surface area contributed by atoms with Gasteiger partial charge >= 0.3 is 0 Å². The molecule has 0 amide bonds. The van der Waals surface area contributed by atoms with E-state index in [1.807, 2.05) is 18.2 Å². The second-order valence-electron chi connectivity index (χ2n) is 7.33. The summed E-state index contributed by atoms with van der Waals surface area (Å²) in [5.74, 6) is 2.06. The largest absolute Gasteiger partial charge is 0.493 e. The van der Waals surface area contributed by atoms with Gasteiger partial charge < -0.3 is 15.0 Å². The van der Waals surface area contributed by atoms with Crippen LogP contribution in [-0.2, 0) is 0 Å². The van der Waals surface area contributed by atoms with Crippen molar-refractivity contribution in [3.8, 4) is 5.75 Å². The summed E-state index contributed by atoms with van der Waals surface area (Å²) in [6.07, 6.45) is 4.94. The van der Waals surface area contributed by atoms with E-state index in [0.717, 1.165) is 44.3 Å². The van der Waals surface area contributed by atoms with Crippen molar-refractivity contribution in [2.75, 3.05) is 45.9 Å². The fourth-order valence-corrected chi connectivity index (χ4v) is 3.91. The Labute approximate surface area is 158 Å². The van der Waals surface area contributed by atoms with Crippen LogP contribution in [0.5, 0.6) is 5.75 Å². The number of hydrogen-bond donors (Lipinski definition) is 1. The summed E-state index contributed by atoms with van der Waals surface area (Å²) in [4.78, 5) is 9.95. The SMILES string of the molecule is CCNC(=NCCCOc1ccccc1C)N1CCC(N2CCCC2)C1. The molecule has 0 bridgehead atoms. The lowest BCUT2D eigenvalue weighted by Gasteiger charge is -2.25. The summed E-state index contributed by atoms with van der Waals surface area (Å²) in [5, 5.41) is 3.47. The molecule has 2 fully saturated rings. The first kappa shape index (κ1) is 19.0. The van der Waals surface area contributed by atoms with E-state index in [9.17, 15) is 0 Å². The van der Waals surface area contributed by atoms with Crippen molar-refractivity contribution >= 4 is 5.96 Å². The Hall–Kier alpha value is -1.75. The molecule has 5 heteroatoms. The molecule has 0 spiro atoms. The third-order valence-electron chi connectivity index (χ3n) is 5.37. The lowest BCUT2D eigenvalue weighted by Crippen LogP contribution is -2.42. The van der Waals surface area contributed by atoms with Crippen molar-refractivity contribution in [1.29, 1.82) is 0 Å². The average molecular weight is 359 g/mol. The maximum atomic E-state index is 5.88. The van der Waals surface area contributed by atoms with Crippen LogP contribution in [0.4, 0.5) is 0 Å². The first-order chi connectivity index (χ1) is 12.8. The molecule has 1 atom stereocenters. The van der Waals surface area contributed by atoms with Crippen molar-refractivity contribution in [3.05, 3.63) is 29.8 Å². The van der Waals surface area contributed by atoms with Crippen molar-refractivity contribution in [2.24, 2.45) is 4.99 Å². The third kappa shape index (κ3) is 5.13.